The van der Waals surface area contributed by atoms with Crippen LogP contribution in [0, 0.1) is 5.41 Å². The van der Waals surface area contributed by atoms with Crippen LogP contribution in [0.2, 0.25) is 0 Å². The van der Waals surface area contributed by atoms with Crippen LogP contribution in [0.3, 0.4) is 0 Å². The SMILES string of the molecule is CC(C)(C)C(=O)NCC(C)(C)N1CCc2ccccc2C1. The minimum absolute atomic E-state index is 0.0333. The quantitative estimate of drug-likeness (QED) is 0.927. The number of fused-ring (bicyclic) bond motifs is 1. The summed E-state index contributed by atoms with van der Waals surface area (Å²) in [5.74, 6) is 0.119. The first-order valence-corrected chi connectivity index (χ1v) is 7.80. The fourth-order valence-electron chi connectivity index (χ4n) is 2.69. The van der Waals surface area contributed by atoms with Crippen molar-refractivity contribution in [2.24, 2.45) is 5.41 Å². The number of rotatable bonds is 3. The van der Waals surface area contributed by atoms with E-state index >= 15 is 0 Å². The molecule has 1 aromatic carbocycles. The Balaban J connectivity index is 1.99. The van der Waals surface area contributed by atoms with Crippen LogP contribution in [-0.2, 0) is 17.8 Å². The van der Waals surface area contributed by atoms with Crippen LogP contribution in [0.1, 0.15) is 45.7 Å². The third-order valence-corrected chi connectivity index (χ3v) is 4.35. The second-order valence-electron chi connectivity index (χ2n) is 7.69. The first kappa shape index (κ1) is 16.0. The Morgan fingerprint density at radius 1 is 1.14 bits per heavy atom. The van der Waals surface area contributed by atoms with Crippen LogP contribution in [0.15, 0.2) is 24.3 Å². The van der Waals surface area contributed by atoms with Gasteiger partial charge in [-0.1, -0.05) is 45.0 Å². The molecule has 0 saturated carbocycles. The van der Waals surface area contributed by atoms with Crippen molar-refractivity contribution in [2.45, 2.75) is 53.1 Å². The highest BCUT2D eigenvalue weighted by Gasteiger charge is 2.31. The molecular weight excluding hydrogens is 260 g/mol. The van der Waals surface area contributed by atoms with Gasteiger partial charge >= 0.3 is 0 Å². The minimum Gasteiger partial charge on any atom is -0.354 e. The van der Waals surface area contributed by atoms with Gasteiger partial charge in [0.05, 0.1) is 0 Å². The molecular formula is C18H28N2O. The van der Waals surface area contributed by atoms with Crippen LogP contribution in [0.4, 0.5) is 0 Å². The van der Waals surface area contributed by atoms with Gasteiger partial charge in [0.1, 0.15) is 0 Å². The third-order valence-electron chi connectivity index (χ3n) is 4.35. The van der Waals surface area contributed by atoms with Gasteiger partial charge in [-0.15, -0.1) is 0 Å². The summed E-state index contributed by atoms with van der Waals surface area (Å²) in [6.45, 7) is 13.0. The molecule has 3 nitrogen and oxygen atoms in total. The van der Waals surface area contributed by atoms with Crippen LogP contribution in [0.25, 0.3) is 0 Å². The Labute approximate surface area is 128 Å². The third kappa shape index (κ3) is 3.85. The second-order valence-corrected chi connectivity index (χ2v) is 7.69. The molecule has 116 valence electrons. The topological polar surface area (TPSA) is 32.3 Å². The Morgan fingerprint density at radius 3 is 2.38 bits per heavy atom. The smallest absolute Gasteiger partial charge is 0.225 e. The van der Waals surface area contributed by atoms with Crippen molar-refractivity contribution in [1.82, 2.24) is 10.2 Å². The van der Waals surface area contributed by atoms with E-state index in [0.717, 1.165) is 19.5 Å². The summed E-state index contributed by atoms with van der Waals surface area (Å²) >= 11 is 0. The molecule has 0 saturated heterocycles. The maximum Gasteiger partial charge on any atom is 0.225 e. The number of nitrogens with zero attached hydrogens (tertiary/aromatic N) is 1. The second kappa shape index (κ2) is 5.80. The van der Waals surface area contributed by atoms with Crippen LogP contribution in [-0.4, -0.2) is 29.4 Å². The molecule has 1 aromatic rings. The number of carbonyl (C=O) groups is 1. The fourth-order valence-corrected chi connectivity index (χ4v) is 2.69. The molecule has 21 heavy (non-hydrogen) atoms. The zero-order valence-corrected chi connectivity index (χ0v) is 14.0. The summed E-state index contributed by atoms with van der Waals surface area (Å²) in [6.07, 6.45) is 1.09. The van der Waals surface area contributed by atoms with Crippen molar-refractivity contribution in [3.8, 4) is 0 Å². The number of nitrogens with one attached hydrogen (secondary N) is 1. The predicted octanol–water partition coefficient (Wildman–Crippen LogP) is 2.99. The van der Waals surface area contributed by atoms with Gasteiger partial charge in [0.15, 0.2) is 0 Å². The van der Waals surface area contributed by atoms with Crippen molar-refractivity contribution < 1.29 is 4.79 Å². The molecule has 1 N–H and O–H groups in total. The zero-order chi connectivity index (χ0) is 15.7. The highest BCUT2D eigenvalue weighted by Crippen LogP contribution is 2.25. The largest absolute Gasteiger partial charge is 0.354 e. The van der Waals surface area contributed by atoms with Crippen molar-refractivity contribution in [3.63, 3.8) is 0 Å². The highest BCUT2D eigenvalue weighted by atomic mass is 16.2. The summed E-state index contributed by atoms with van der Waals surface area (Å²) in [5.41, 5.74) is 2.51. The monoisotopic (exact) mass is 288 g/mol. The molecule has 1 heterocycles. The number of amides is 1. The number of hydrogen-bond donors (Lipinski definition) is 1. The fraction of sp³-hybridized carbons (Fsp3) is 0.611. The molecule has 3 heteroatoms. The Bertz CT molecular complexity index is 514. The van der Waals surface area contributed by atoms with Gasteiger partial charge in [0, 0.05) is 30.6 Å². The number of benzene rings is 1. The Kier molecular flexibility index (Phi) is 4.43. The molecule has 2 rings (SSSR count). The lowest BCUT2D eigenvalue weighted by Gasteiger charge is -2.42. The van der Waals surface area contributed by atoms with Crippen LogP contribution in [0.5, 0.6) is 0 Å². The van der Waals surface area contributed by atoms with E-state index in [-0.39, 0.29) is 16.9 Å². The Hall–Kier alpha value is -1.35. The maximum atomic E-state index is 12.1. The molecule has 0 spiro atoms. The Morgan fingerprint density at radius 2 is 1.76 bits per heavy atom. The van der Waals surface area contributed by atoms with Gasteiger partial charge in [-0.2, -0.15) is 0 Å². The lowest BCUT2D eigenvalue weighted by molar-refractivity contribution is -0.129. The van der Waals surface area contributed by atoms with Crippen molar-refractivity contribution in [2.75, 3.05) is 13.1 Å². The van der Waals surface area contributed by atoms with E-state index in [2.05, 4.69) is 48.3 Å². The molecule has 0 radical (unpaired) electrons. The van der Waals surface area contributed by atoms with Gasteiger partial charge in [-0.25, -0.2) is 0 Å². The molecule has 1 aliphatic rings. The molecule has 0 fully saturated rings. The normalized spacial score (nSPS) is 16.4. The average molecular weight is 288 g/mol. The van der Waals surface area contributed by atoms with Crippen LogP contribution >= 0.6 is 0 Å². The molecule has 1 aliphatic heterocycles. The van der Waals surface area contributed by atoms with E-state index in [1.165, 1.54) is 11.1 Å². The summed E-state index contributed by atoms with van der Waals surface area (Å²) in [5, 5.41) is 3.10. The summed E-state index contributed by atoms with van der Waals surface area (Å²) < 4.78 is 0. The van der Waals surface area contributed by atoms with Crippen molar-refractivity contribution >= 4 is 5.91 Å². The number of hydrogen-bond acceptors (Lipinski definition) is 2. The van der Waals surface area contributed by atoms with Gasteiger partial charge in [0.2, 0.25) is 5.91 Å². The van der Waals surface area contributed by atoms with Gasteiger partial charge in [-0.05, 0) is 31.4 Å². The highest BCUT2D eigenvalue weighted by molar-refractivity contribution is 5.81. The van der Waals surface area contributed by atoms with E-state index in [0.29, 0.717) is 6.54 Å². The van der Waals surface area contributed by atoms with Crippen molar-refractivity contribution in [3.05, 3.63) is 35.4 Å². The molecule has 0 unspecified atom stereocenters. The van der Waals surface area contributed by atoms with E-state index in [9.17, 15) is 4.79 Å². The summed E-state index contributed by atoms with van der Waals surface area (Å²) in [4.78, 5) is 14.5. The van der Waals surface area contributed by atoms with E-state index in [1.54, 1.807) is 0 Å². The predicted molar refractivity (Wildman–Crippen MR) is 87.1 cm³/mol. The maximum absolute atomic E-state index is 12.1. The summed E-state index contributed by atoms with van der Waals surface area (Å²) in [6, 6.07) is 8.66. The standard InChI is InChI=1S/C18H28N2O/c1-17(2,3)16(21)19-13-18(4,5)20-11-10-14-8-6-7-9-15(14)12-20/h6-9H,10-13H2,1-5H3,(H,19,21). The lowest BCUT2D eigenvalue weighted by Crippen LogP contribution is -2.54. The molecule has 0 aliphatic carbocycles. The van der Waals surface area contributed by atoms with Crippen LogP contribution < -0.4 is 5.32 Å². The first-order valence-electron chi connectivity index (χ1n) is 7.80. The summed E-state index contributed by atoms with van der Waals surface area (Å²) in [7, 11) is 0. The molecule has 0 atom stereocenters. The minimum atomic E-state index is -0.329. The first-order chi connectivity index (χ1) is 9.70. The van der Waals surface area contributed by atoms with E-state index in [4.69, 9.17) is 0 Å². The van der Waals surface area contributed by atoms with Gasteiger partial charge in [-0.3, -0.25) is 9.69 Å². The van der Waals surface area contributed by atoms with Gasteiger partial charge in [0.25, 0.3) is 0 Å². The molecule has 0 aromatic heterocycles. The lowest BCUT2D eigenvalue weighted by atomic mass is 9.92. The molecule has 0 bridgehead atoms. The van der Waals surface area contributed by atoms with Gasteiger partial charge < -0.3 is 5.32 Å². The van der Waals surface area contributed by atoms with E-state index < -0.39 is 0 Å². The van der Waals surface area contributed by atoms with E-state index in [1.807, 2.05) is 20.8 Å². The molecule has 1 amide bonds. The number of carbonyl (C=O) groups excluding carboxylic acids is 1. The van der Waals surface area contributed by atoms with Crippen molar-refractivity contribution in [1.29, 1.82) is 0 Å². The average Bonchev–Trinajstić information content (AvgIpc) is 2.43. The zero-order valence-electron chi connectivity index (χ0n) is 14.0.